The highest BCUT2D eigenvalue weighted by molar-refractivity contribution is 6.50. The third kappa shape index (κ3) is 7.87. The summed E-state index contributed by atoms with van der Waals surface area (Å²) in [6.07, 6.45) is 3.94. The normalized spacial score (nSPS) is 11.6. The highest BCUT2D eigenvalue weighted by Gasteiger charge is 1.84. The zero-order valence-corrected chi connectivity index (χ0v) is 8.67. The standard InChI is InChI=1S/C6H14NSi2/c1-3-5-8-7-9-6-4-2/h3-4H,1-2,5-6,8-9H2. The van der Waals surface area contributed by atoms with Gasteiger partial charge in [0.1, 0.15) is 19.4 Å². The molecule has 1 radical (unpaired) electrons. The van der Waals surface area contributed by atoms with Crippen molar-refractivity contribution in [1.82, 2.24) is 4.65 Å². The fourth-order valence-electron chi connectivity index (χ4n) is 0.477. The van der Waals surface area contributed by atoms with Crippen molar-refractivity contribution in [1.29, 1.82) is 0 Å². The second-order valence-electron chi connectivity index (χ2n) is 1.83. The van der Waals surface area contributed by atoms with Crippen LogP contribution in [0.25, 0.3) is 0 Å². The first-order valence-electron chi connectivity index (χ1n) is 3.27. The van der Waals surface area contributed by atoms with Gasteiger partial charge in [-0.05, 0) is 12.1 Å². The molecule has 3 heteroatoms. The lowest BCUT2D eigenvalue weighted by Gasteiger charge is -1.93. The third-order valence-electron chi connectivity index (χ3n) is 0.983. The van der Waals surface area contributed by atoms with Crippen LogP contribution in [0.5, 0.6) is 0 Å². The van der Waals surface area contributed by atoms with Gasteiger partial charge < -0.3 is 4.65 Å². The van der Waals surface area contributed by atoms with Crippen molar-refractivity contribution >= 4 is 19.4 Å². The second-order valence-corrected chi connectivity index (χ2v) is 5.66. The molecule has 0 spiro atoms. The predicted octanol–water partition coefficient (Wildman–Crippen LogP) is -0.0330. The number of rotatable bonds is 6. The molecule has 0 heterocycles. The Bertz CT molecular complexity index is 73.1. The molecule has 0 saturated heterocycles. The number of hydrogen-bond acceptors (Lipinski definition) is 0. The molecule has 0 N–H and O–H groups in total. The van der Waals surface area contributed by atoms with Gasteiger partial charge in [-0.3, -0.25) is 0 Å². The molecule has 1 nitrogen and oxygen atoms in total. The van der Waals surface area contributed by atoms with E-state index in [1.54, 1.807) is 0 Å². The maximum Gasteiger partial charge on any atom is 0.106 e. The van der Waals surface area contributed by atoms with Crippen LogP contribution in [0, 0.1) is 0 Å². The first-order valence-corrected chi connectivity index (χ1v) is 6.53. The van der Waals surface area contributed by atoms with Gasteiger partial charge in [-0.15, -0.1) is 13.2 Å². The van der Waals surface area contributed by atoms with E-state index in [-0.39, 0.29) is 19.4 Å². The lowest BCUT2D eigenvalue weighted by Crippen LogP contribution is -2.13. The van der Waals surface area contributed by atoms with Gasteiger partial charge in [0.05, 0.1) is 0 Å². The van der Waals surface area contributed by atoms with Gasteiger partial charge in [0.2, 0.25) is 0 Å². The van der Waals surface area contributed by atoms with Crippen LogP contribution < -0.4 is 4.65 Å². The zero-order chi connectivity index (χ0) is 6.95. The van der Waals surface area contributed by atoms with Crippen molar-refractivity contribution < 1.29 is 0 Å². The molecule has 0 atom stereocenters. The van der Waals surface area contributed by atoms with Gasteiger partial charge in [0, 0.05) is 0 Å². The Labute approximate surface area is 62.0 Å². The van der Waals surface area contributed by atoms with Crippen molar-refractivity contribution in [2.24, 2.45) is 0 Å². The Balaban J connectivity index is 2.74. The van der Waals surface area contributed by atoms with Gasteiger partial charge in [0.15, 0.2) is 0 Å². The van der Waals surface area contributed by atoms with E-state index in [9.17, 15) is 0 Å². The molecule has 0 aliphatic rings. The molecule has 51 valence electrons. The summed E-state index contributed by atoms with van der Waals surface area (Å²) < 4.78 is 4.49. The molecule has 0 aliphatic carbocycles. The van der Waals surface area contributed by atoms with Crippen molar-refractivity contribution in [2.45, 2.75) is 12.1 Å². The molecule has 0 bridgehead atoms. The maximum atomic E-state index is 4.49. The van der Waals surface area contributed by atoms with E-state index in [0.717, 1.165) is 0 Å². The highest BCUT2D eigenvalue weighted by atomic mass is 28.3. The molecule has 0 aromatic carbocycles. The van der Waals surface area contributed by atoms with E-state index in [1.807, 2.05) is 12.2 Å². The first kappa shape index (κ1) is 8.87. The summed E-state index contributed by atoms with van der Waals surface area (Å²) in [6, 6.07) is 2.34. The Morgan fingerprint density at radius 3 is 1.89 bits per heavy atom. The van der Waals surface area contributed by atoms with E-state index in [1.165, 1.54) is 12.1 Å². The second kappa shape index (κ2) is 7.87. The smallest absolute Gasteiger partial charge is 0.106 e. The summed E-state index contributed by atoms with van der Waals surface area (Å²) in [6.45, 7) is 7.30. The van der Waals surface area contributed by atoms with Gasteiger partial charge in [0.25, 0.3) is 0 Å². The predicted molar refractivity (Wildman–Crippen MR) is 49.2 cm³/mol. The van der Waals surface area contributed by atoms with Gasteiger partial charge in [-0.1, -0.05) is 12.2 Å². The van der Waals surface area contributed by atoms with Crippen molar-refractivity contribution in [2.75, 3.05) is 0 Å². The van der Waals surface area contributed by atoms with Crippen LogP contribution in [0.2, 0.25) is 12.1 Å². The minimum Gasteiger partial charge on any atom is -0.307 e. The summed E-state index contributed by atoms with van der Waals surface area (Å²) in [5.41, 5.74) is 0. The van der Waals surface area contributed by atoms with Gasteiger partial charge in [-0.25, -0.2) is 0 Å². The number of allylic oxidation sites excluding steroid dienone is 2. The van der Waals surface area contributed by atoms with E-state index >= 15 is 0 Å². The SMILES string of the molecule is C=CC[SiH2][N][SiH2]CC=C. The van der Waals surface area contributed by atoms with E-state index in [0.29, 0.717) is 0 Å². The summed E-state index contributed by atoms with van der Waals surface area (Å²) in [4.78, 5) is 0. The maximum absolute atomic E-state index is 4.49. The van der Waals surface area contributed by atoms with E-state index < -0.39 is 0 Å². The lowest BCUT2D eigenvalue weighted by molar-refractivity contribution is 1.44. The van der Waals surface area contributed by atoms with Crippen LogP contribution in [-0.4, -0.2) is 19.4 Å². The van der Waals surface area contributed by atoms with E-state index in [4.69, 9.17) is 0 Å². The Hall–Kier alpha value is -0.126. The lowest BCUT2D eigenvalue weighted by atomic mass is 10.8. The van der Waals surface area contributed by atoms with Crippen LogP contribution >= 0.6 is 0 Å². The van der Waals surface area contributed by atoms with Crippen molar-refractivity contribution in [3.8, 4) is 0 Å². The van der Waals surface area contributed by atoms with Crippen LogP contribution in [0.3, 0.4) is 0 Å². The average molecular weight is 156 g/mol. The zero-order valence-electron chi connectivity index (χ0n) is 5.84. The fourth-order valence-corrected chi connectivity index (χ4v) is 3.20. The topological polar surface area (TPSA) is 14.1 Å². The quantitative estimate of drug-likeness (QED) is 0.291. The Kier molecular flexibility index (Phi) is 7.76. The van der Waals surface area contributed by atoms with Crippen LogP contribution in [-0.2, 0) is 0 Å². The molecule has 0 aliphatic heterocycles. The number of hydrogen-bond donors (Lipinski definition) is 0. The molecule has 0 aromatic heterocycles. The van der Waals surface area contributed by atoms with Gasteiger partial charge >= 0.3 is 0 Å². The molecule has 0 aromatic rings. The van der Waals surface area contributed by atoms with Crippen molar-refractivity contribution in [3.63, 3.8) is 0 Å². The Morgan fingerprint density at radius 2 is 1.56 bits per heavy atom. The number of nitrogens with zero attached hydrogens (tertiary/aromatic N) is 1. The largest absolute Gasteiger partial charge is 0.307 e. The molecule has 0 rings (SSSR count). The summed E-state index contributed by atoms with van der Waals surface area (Å²) >= 11 is 0. The molecule has 0 saturated carbocycles. The highest BCUT2D eigenvalue weighted by Crippen LogP contribution is 1.78. The molecule has 0 fully saturated rings. The Morgan fingerprint density at radius 1 is 1.11 bits per heavy atom. The molecular formula is C6H14NSi2. The van der Waals surface area contributed by atoms with E-state index in [2.05, 4.69) is 17.8 Å². The fraction of sp³-hybridized carbons (Fsp3) is 0.333. The minimum absolute atomic E-state index is 0.0881. The molecule has 9 heavy (non-hydrogen) atoms. The summed E-state index contributed by atoms with van der Waals surface area (Å²) in [7, 11) is -0.176. The summed E-state index contributed by atoms with van der Waals surface area (Å²) in [5.74, 6) is 0. The van der Waals surface area contributed by atoms with Crippen LogP contribution in [0.4, 0.5) is 0 Å². The van der Waals surface area contributed by atoms with Gasteiger partial charge in [-0.2, -0.15) is 0 Å². The third-order valence-corrected chi connectivity index (χ3v) is 4.85. The average Bonchev–Trinajstić information content (AvgIpc) is 1.89. The molecule has 0 unspecified atom stereocenters. The molecular weight excluding hydrogens is 142 g/mol. The monoisotopic (exact) mass is 156 g/mol. The van der Waals surface area contributed by atoms with Crippen molar-refractivity contribution in [3.05, 3.63) is 25.3 Å². The first-order chi connectivity index (χ1) is 4.41. The molecule has 0 amide bonds. The van der Waals surface area contributed by atoms with Crippen LogP contribution in [0.15, 0.2) is 25.3 Å². The van der Waals surface area contributed by atoms with Crippen LogP contribution in [0.1, 0.15) is 0 Å². The summed E-state index contributed by atoms with van der Waals surface area (Å²) in [5, 5.41) is 0. The minimum atomic E-state index is -0.0881.